The molecule has 0 aliphatic heterocycles. The van der Waals surface area contributed by atoms with Crippen molar-refractivity contribution in [3.8, 4) is 0 Å². The quantitative estimate of drug-likeness (QED) is 0.417. The largest absolute Gasteiger partial charge is 0.360 e. The number of nitrogens with zero attached hydrogens (tertiary/aromatic N) is 2. The van der Waals surface area contributed by atoms with Crippen molar-refractivity contribution in [1.82, 2.24) is 15.5 Å². The summed E-state index contributed by atoms with van der Waals surface area (Å²) in [4.78, 5) is 11.7. The summed E-state index contributed by atoms with van der Waals surface area (Å²) in [6.07, 6.45) is 3.92. The molecule has 0 aliphatic carbocycles. The molecule has 1 amide bonds. The first-order valence-corrected chi connectivity index (χ1v) is 7.99. The van der Waals surface area contributed by atoms with Crippen LogP contribution >= 0.6 is 23.1 Å². The van der Waals surface area contributed by atoms with Crippen LogP contribution in [0.3, 0.4) is 0 Å². The lowest BCUT2D eigenvalue weighted by Crippen LogP contribution is -2.30. The van der Waals surface area contributed by atoms with Gasteiger partial charge in [0.15, 0.2) is 4.34 Å². The van der Waals surface area contributed by atoms with Crippen molar-refractivity contribution in [2.24, 2.45) is 0 Å². The van der Waals surface area contributed by atoms with Crippen LogP contribution in [0.1, 0.15) is 26.7 Å². The smallest absolute Gasteiger partial charge is 0.233 e. The molecule has 19 heavy (non-hydrogen) atoms. The maximum atomic E-state index is 11.7. The van der Waals surface area contributed by atoms with Crippen molar-refractivity contribution in [3.63, 3.8) is 0 Å². The summed E-state index contributed by atoms with van der Waals surface area (Å²) < 4.78 is 0.806. The number of anilines is 1. The first-order chi connectivity index (χ1) is 9.17. The van der Waals surface area contributed by atoms with Gasteiger partial charge in [0.2, 0.25) is 11.0 Å². The van der Waals surface area contributed by atoms with E-state index in [1.54, 1.807) is 6.08 Å². The third-order valence-electron chi connectivity index (χ3n) is 2.28. The fraction of sp³-hybridized carbons (Fsp3) is 0.583. The van der Waals surface area contributed by atoms with E-state index in [0.717, 1.165) is 28.9 Å². The standard InChI is InChI=1S/C12H20N4OS2/c1-4-6-8-14-11-15-16-12(19-11)18-9(3)10(17)13-7-5-2/h5,9H,2,4,6-8H2,1,3H3,(H,13,17)(H,14,15). The molecular formula is C12H20N4OS2. The van der Waals surface area contributed by atoms with Crippen LogP contribution < -0.4 is 10.6 Å². The average Bonchev–Trinajstić information content (AvgIpc) is 2.83. The maximum absolute atomic E-state index is 11.7. The molecule has 1 unspecified atom stereocenters. The van der Waals surface area contributed by atoms with Crippen LogP contribution in [-0.4, -0.2) is 34.4 Å². The first-order valence-electron chi connectivity index (χ1n) is 6.30. The van der Waals surface area contributed by atoms with Gasteiger partial charge in [-0.2, -0.15) is 0 Å². The number of unbranched alkanes of at least 4 members (excludes halogenated alkanes) is 1. The van der Waals surface area contributed by atoms with Crippen molar-refractivity contribution in [2.45, 2.75) is 36.3 Å². The minimum absolute atomic E-state index is 0.0133. The molecule has 1 aromatic heterocycles. The second-order valence-electron chi connectivity index (χ2n) is 3.95. The summed E-state index contributed by atoms with van der Waals surface area (Å²) in [5, 5.41) is 14.7. The van der Waals surface area contributed by atoms with E-state index in [-0.39, 0.29) is 11.2 Å². The number of amides is 1. The van der Waals surface area contributed by atoms with E-state index in [0.29, 0.717) is 6.54 Å². The zero-order valence-corrected chi connectivity index (χ0v) is 12.9. The summed E-state index contributed by atoms with van der Waals surface area (Å²) in [7, 11) is 0. The number of carbonyl (C=O) groups is 1. The SMILES string of the molecule is C=CCNC(=O)C(C)Sc1nnc(NCCCC)s1. The maximum Gasteiger partial charge on any atom is 0.233 e. The molecule has 0 fully saturated rings. The Bertz CT molecular complexity index is 408. The third-order valence-corrected chi connectivity index (χ3v) is 4.35. The van der Waals surface area contributed by atoms with Gasteiger partial charge in [-0.25, -0.2) is 0 Å². The molecule has 0 radical (unpaired) electrons. The van der Waals surface area contributed by atoms with E-state index in [2.05, 4.69) is 34.3 Å². The summed E-state index contributed by atoms with van der Waals surface area (Å²) in [5.74, 6) is -0.0133. The second-order valence-corrected chi connectivity index (χ2v) is 6.51. The Hall–Kier alpha value is -1.08. The molecule has 1 heterocycles. The average molecular weight is 300 g/mol. The van der Waals surface area contributed by atoms with Gasteiger partial charge >= 0.3 is 0 Å². The van der Waals surface area contributed by atoms with E-state index in [1.807, 2.05) is 6.92 Å². The number of nitrogens with one attached hydrogen (secondary N) is 2. The normalized spacial score (nSPS) is 11.9. The Kier molecular flexibility index (Phi) is 7.50. The van der Waals surface area contributed by atoms with Gasteiger partial charge in [0, 0.05) is 13.1 Å². The lowest BCUT2D eigenvalue weighted by atomic mass is 10.3. The van der Waals surface area contributed by atoms with Gasteiger partial charge in [-0.1, -0.05) is 42.5 Å². The Morgan fingerprint density at radius 2 is 2.37 bits per heavy atom. The van der Waals surface area contributed by atoms with E-state index in [1.165, 1.54) is 23.1 Å². The van der Waals surface area contributed by atoms with Gasteiger partial charge in [0.05, 0.1) is 5.25 Å². The van der Waals surface area contributed by atoms with Gasteiger partial charge in [-0.05, 0) is 13.3 Å². The number of hydrogen-bond acceptors (Lipinski definition) is 6. The molecule has 0 aromatic carbocycles. The Morgan fingerprint density at radius 1 is 1.58 bits per heavy atom. The zero-order valence-electron chi connectivity index (χ0n) is 11.3. The number of hydrogen-bond donors (Lipinski definition) is 2. The molecule has 1 rings (SSSR count). The van der Waals surface area contributed by atoms with E-state index in [4.69, 9.17) is 0 Å². The van der Waals surface area contributed by atoms with Crippen LogP contribution in [0.25, 0.3) is 0 Å². The molecule has 0 saturated carbocycles. The molecule has 2 N–H and O–H groups in total. The summed E-state index contributed by atoms with van der Waals surface area (Å²) in [6, 6.07) is 0. The molecule has 1 aromatic rings. The summed E-state index contributed by atoms with van der Waals surface area (Å²) in [5.41, 5.74) is 0. The zero-order chi connectivity index (χ0) is 14.1. The van der Waals surface area contributed by atoms with Gasteiger partial charge < -0.3 is 10.6 Å². The predicted octanol–water partition coefficient (Wildman–Crippen LogP) is 2.53. The minimum Gasteiger partial charge on any atom is -0.360 e. The predicted molar refractivity (Wildman–Crippen MR) is 81.8 cm³/mol. The van der Waals surface area contributed by atoms with E-state index >= 15 is 0 Å². The topological polar surface area (TPSA) is 66.9 Å². The molecule has 0 bridgehead atoms. The van der Waals surface area contributed by atoms with Crippen LogP contribution in [0.2, 0.25) is 0 Å². The highest BCUT2D eigenvalue weighted by atomic mass is 32.2. The molecule has 0 aliphatic rings. The van der Waals surface area contributed by atoms with Crippen molar-refractivity contribution in [2.75, 3.05) is 18.4 Å². The van der Waals surface area contributed by atoms with E-state index in [9.17, 15) is 4.79 Å². The molecule has 106 valence electrons. The highest BCUT2D eigenvalue weighted by molar-refractivity contribution is 8.02. The molecule has 5 nitrogen and oxygen atoms in total. The van der Waals surface area contributed by atoms with Crippen LogP contribution in [0, 0.1) is 0 Å². The van der Waals surface area contributed by atoms with Gasteiger partial charge in [-0.15, -0.1) is 16.8 Å². The van der Waals surface area contributed by atoms with Gasteiger partial charge in [0.25, 0.3) is 0 Å². The molecule has 1 atom stereocenters. The monoisotopic (exact) mass is 300 g/mol. The van der Waals surface area contributed by atoms with Crippen molar-refractivity contribution < 1.29 is 4.79 Å². The number of rotatable bonds is 9. The lowest BCUT2D eigenvalue weighted by molar-refractivity contribution is -0.120. The minimum atomic E-state index is -0.184. The highest BCUT2D eigenvalue weighted by Crippen LogP contribution is 2.28. The van der Waals surface area contributed by atoms with Crippen LogP contribution in [0.15, 0.2) is 17.0 Å². The molecular weight excluding hydrogens is 280 g/mol. The Morgan fingerprint density at radius 3 is 3.05 bits per heavy atom. The summed E-state index contributed by atoms with van der Waals surface area (Å²) in [6.45, 7) is 8.96. The Labute approximate surface area is 122 Å². The molecule has 7 heteroatoms. The van der Waals surface area contributed by atoms with E-state index < -0.39 is 0 Å². The van der Waals surface area contributed by atoms with Crippen LogP contribution in [-0.2, 0) is 4.79 Å². The Balaban J connectivity index is 2.39. The highest BCUT2D eigenvalue weighted by Gasteiger charge is 2.16. The van der Waals surface area contributed by atoms with Gasteiger partial charge in [0.1, 0.15) is 0 Å². The van der Waals surface area contributed by atoms with Crippen molar-refractivity contribution in [3.05, 3.63) is 12.7 Å². The number of aromatic nitrogens is 2. The first kappa shape index (κ1) is 16.0. The molecule has 0 saturated heterocycles. The van der Waals surface area contributed by atoms with Crippen molar-refractivity contribution >= 4 is 34.1 Å². The van der Waals surface area contributed by atoms with Crippen molar-refractivity contribution in [1.29, 1.82) is 0 Å². The number of carbonyl (C=O) groups excluding carboxylic acids is 1. The fourth-order valence-electron chi connectivity index (χ4n) is 1.22. The van der Waals surface area contributed by atoms with Crippen LogP contribution in [0.4, 0.5) is 5.13 Å². The second kappa shape index (κ2) is 8.92. The van der Waals surface area contributed by atoms with Gasteiger partial charge in [-0.3, -0.25) is 4.79 Å². The lowest BCUT2D eigenvalue weighted by Gasteiger charge is -2.07. The third kappa shape index (κ3) is 6.07. The molecule has 0 spiro atoms. The van der Waals surface area contributed by atoms with Crippen LogP contribution in [0.5, 0.6) is 0 Å². The summed E-state index contributed by atoms with van der Waals surface area (Å²) >= 11 is 2.90. The fourth-order valence-corrected chi connectivity index (χ4v) is 3.17. The number of thioether (sulfide) groups is 1.